The molecule has 1 aromatic carbocycles. The predicted octanol–water partition coefficient (Wildman–Crippen LogP) is 3.19. The van der Waals surface area contributed by atoms with Gasteiger partial charge in [-0.2, -0.15) is 8.42 Å². The number of benzene rings is 1. The highest BCUT2D eigenvalue weighted by Gasteiger charge is 2.25. The third kappa shape index (κ3) is 4.13. The van der Waals surface area contributed by atoms with Crippen LogP contribution >= 0.6 is 22.6 Å². The Morgan fingerprint density at radius 3 is 2.24 bits per heavy atom. The molecule has 9 heteroatoms. The van der Waals surface area contributed by atoms with Gasteiger partial charge in [0.1, 0.15) is 4.90 Å². The van der Waals surface area contributed by atoms with Crippen LogP contribution < -0.4 is 0 Å². The number of halogens is 5. The van der Waals surface area contributed by atoms with Crippen LogP contribution in [0.1, 0.15) is 11.1 Å². The molecular formula is C8H7BF4IO2S-. The predicted molar refractivity (Wildman–Crippen MR) is 65.0 cm³/mol. The normalized spacial score (nSPS) is 12.8. The Labute approximate surface area is 110 Å². The fourth-order valence-electron chi connectivity index (χ4n) is 1.35. The number of hydrogen-bond donors (Lipinski definition) is 0. The van der Waals surface area contributed by atoms with Crippen molar-refractivity contribution in [3.05, 3.63) is 26.8 Å². The Balaban J connectivity index is 3.35. The maximum Gasteiger partial charge on any atom is 0.482 e. The monoisotopic (exact) mass is 381 g/mol. The standard InChI is InChI=1S/C8H7BF4IO2S/c1-5-7(14)2-6(4-9(10,11)12)3-8(5)17(13,15)16/h2-3H,4H2,1H3/q-1. The molecule has 0 spiro atoms. The van der Waals surface area contributed by atoms with Crippen LogP contribution in [-0.4, -0.2) is 15.4 Å². The summed E-state index contributed by atoms with van der Waals surface area (Å²) in [6.07, 6.45) is -1.22. The molecule has 1 rings (SSSR count). The van der Waals surface area contributed by atoms with Gasteiger partial charge in [0, 0.05) is 3.57 Å². The van der Waals surface area contributed by atoms with Gasteiger partial charge in [-0.15, -0.1) is 3.89 Å². The van der Waals surface area contributed by atoms with E-state index in [1.807, 2.05) is 0 Å². The molecule has 0 aliphatic heterocycles. The lowest BCUT2D eigenvalue weighted by Crippen LogP contribution is -2.19. The largest absolute Gasteiger partial charge is 0.482 e. The fourth-order valence-corrected chi connectivity index (χ4v) is 2.99. The van der Waals surface area contributed by atoms with Crippen molar-refractivity contribution in [1.29, 1.82) is 0 Å². The first-order chi connectivity index (χ1) is 7.50. The van der Waals surface area contributed by atoms with Gasteiger partial charge in [-0.1, -0.05) is 11.9 Å². The van der Waals surface area contributed by atoms with Crippen molar-refractivity contribution in [1.82, 2.24) is 0 Å². The molecule has 0 amide bonds. The summed E-state index contributed by atoms with van der Waals surface area (Å²) >= 11 is 1.68. The SMILES string of the molecule is Cc1c(I)cc(C[B-](F)(F)F)cc1S(=O)(=O)F. The number of rotatable bonds is 3. The molecule has 0 aliphatic carbocycles. The van der Waals surface area contributed by atoms with Gasteiger partial charge in [-0.05, 0) is 47.2 Å². The first-order valence-corrected chi connectivity index (χ1v) is 6.91. The quantitative estimate of drug-likeness (QED) is 0.349. The minimum atomic E-state index is -5.08. The minimum absolute atomic E-state index is 0.117. The van der Waals surface area contributed by atoms with E-state index in [-0.39, 0.29) is 14.7 Å². The van der Waals surface area contributed by atoms with Crippen molar-refractivity contribution in [3.8, 4) is 0 Å². The molecule has 0 N–H and O–H groups in total. The van der Waals surface area contributed by atoms with Crippen molar-refractivity contribution in [2.24, 2.45) is 0 Å². The van der Waals surface area contributed by atoms with Gasteiger partial charge < -0.3 is 12.9 Å². The van der Waals surface area contributed by atoms with E-state index < -0.39 is 28.4 Å². The molecule has 0 fully saturated rings. The summed E-state index contributed by atoms with van der Waals surface area (Å²) in [5.74, 6) is 0. The molecule has 2 nitrogen and oxygen atoms in total. The fraction of sp³-hybridized carbons (Fsp3) is 0.250. The lowest BCUT2D eigenvalue weighted by molar-refractivity contribution is 0.468. The molecular weight excluding hydrogens is 374 g/mol. The first kappa shape index (κ1) is 14.7. The highest BCUT2D eigenvalue weighted by molar-refractivity contribution is 14.1. The first-order valence-electron chi connectivity index (χ1n) is 4.45. The van der Waals surface area contributed by atoms with Crippen LogP contribution in [0.3, 0.4) is 0 Å². The molecule has 0 aromatic heterocycles. The van der Waals surface area contributed by atoms with Gasteiger partial charge in [0.15, 0.2) is 0 Å². The van der Waals surface area contributed by atoms with Gasteiger partial charge in [-0.25, -0.2) is 0 Å². The van der Waals surface area contributed by atoms with Crippen LogP contribution in [0, 0.1) is 10.5 Å². The maximum absolute atomic E-state index is 12.9. The highest BCUT2D eigenvalue weighted by atomic mass is 127. The zero-order valence-corrected chi connectivity index (χ0v) is 11.5. The van der Waals surface area contributed by atoms with Crippen LogP contribution in [-0.2, 0) is 16.5 Å². The molecule has 0 saturated carbocycles. The minimum Gasteiger partial charge on any atom is -0.449 e. The van der Waals surface area contributed by atoms with E-state index in [2.05, 4.69) is 0 Å². The van der Waals surface area contributed by atoms with Gasteiger partial charge in [0.05, 0.1) is 0 Å². The Kier molecular flexibility index (Phi) is 4.12. The molecule has 0 saturated heterocycles. The third-order valence-corrected chi connectivity index (χ3v) is 4.16. The molecule has 0 bridgehead atoms. The Bertz CT molecular complexity index is 541. The van der Waals surface area contributed by atoms with E-state index in [0.717, 1.165) is 6.07 Å². The summed E-state index contributed by atoms with van der Waals surface area (Å²) in [4.78, 5) is -0.695. The second-order valence-corrected chi connectivity index (χ2v) is 6.03. The van der Waals surface area contributed by atoms with Crippen LogP contribution in [0.5, 0.6) is 0 Å². The van der Waals surface area contributed by atoms with E-state index in [1.165, 1.54) is 13.0 Å². The van der Waals surface area contributed by atoms with Crippen molar-refractivity contribution < 1.29 is 25.3 Å². The summed E-state index contributed by atoms with van der Waals surface area (Å²) in [5.41, 5.74) is -0.129. The molecule has 1 aromatic rings. The summed E-state index contributed by atoms with van der Waals surface area (Å²) < 4.78 is 71.4. The molecule has 0 unspecified atom stereocenters. The van der Waals surface area contributed by atoms with Crippen molar-refractivity contribution >= 4 is 39.8 Å². The molecule has 0 radical (unpaired) electrons. The highest BCUT2D eigenvalue weighted by Crippen LogP contribution is 2.27. The van der Waals surface area contributed by atoms with Crippen LogP contribution in [0.2, 0.25) is 0 Å². The van der Waals surface area contributed by atoms with Crippen molar-refractivity contribution in [2.75, 3.05) is 0 Å². The van der Waals surface area contributed by atoms with Crippen molar-refractivity contribution in [2.45, 2.75) is 18.1 Å². The zero-order chi connectivity index (χ0) is 13.4. The molecule has 96 valence electrons. The van der Waals surface area contributed by atoms with E-state index >= 15 is 0 Å². The molecule has 0 aliphatic rings. The van der Waals surface area contributed by atoms with E-state index in [9.17, 15) is 25.3 Å². The van der Waals surface area contributed by atoms with E-state index in [4.69, 9.17) is 0 Å². The average molecular weight is 381 g/mol. The summed E-state index contributed by atoms with van der Waals surface area (Å²) in [6.45, 7) is -3.74. The second kappa shape index (κ2) is 4.75. The van der Waals surface area contributed by atoms with Crippen LogP contribution in [0.4, 0.5) is 16.8 Å². The summed E-state index contributed by atoms with van der Waals surface area (Å²) in [6, 6.07) is 1.95. The van der Waals surface area contributed by atoms with E-state index in [0.29, 0.717) is 0 Å². The van der Waals surface area contributed by atoms with Gasteiger partial charge in [0.25, 0.3) is 0 Å². The van der Waals surface area contributed by atoms with E-state index in [1.54, 1.807) is 22.6 Å². The van der Waals surface area contributed by atoms with Gasteiger partial charge in [0.2, 0.25) is 0 Å². The Morgan fingerprint density at radius 2 is 1.82 bits per heavy atom. The lowest BCUT2D eigenvalue weighted by atomic mass is 9.82. The zero-order valence-electron chi connectivity index (χ0n) is 8.55. The smallest absolute Gasteiger partial charge is 0.449 e. The third-order valence-electron chi connectivity index (χ3n) is 2.09. The average Bonchev–Trinajstić information content (AvgIpc) is 2.06. The van der Waals surface area contributed by atoms with Gasteiger partial charge >= 0.3 is 17.2 Å². The summed E-state index contributed by atoms with van der Waals surface area (Å²) in [7, 11) is -5.00. The van der Waals surface area contributed by atoms with Gasteiger partial charge in [-0.3, -0.25) is 0 Å². The number of hydrogen-bond acceptors (Lipinski definition) is 2. The topological polar surface area (TPSA) is 34.1 Å². The second-order valence-electron chi connectivity index (χ2n) is 3.55. The summed E-state index contributed by atoms with van der Waals surface area (Å²) in [5, 5.41) is 0. The van der Waals surface area contributed by atoms with Crippen molar-refractivity contribution in [3.63, 3.8) is 0 Å². The Morgan fingerprint density at radius 1 is 1.29 bits per heavy atom. The van der Waals surface area contributed by atoms with Crippen LogP contribution in [0.15, 0.2) is 17.0 Å². The molecule has 0 heterocycles. The lowest BCUT2D eigenvalue weighted by Gasteiger charge is -2.15. The molecule has 17 heavy (non-hydrogen) atoms. The Hall–Kier alpha value is -0.315. The molecule has 0 atom stereocenters. The van der Waals surface area contributed by atoms with Crippen LogP contribution in [0.25, 0.3) is 0 Å². The maximum atomic E-state index is 12.9.